The average molecular weight is 489 g/mol. The van der Waals surface area contributed by atoms with E-state index in [2.05, 4.69) is 81.5 Å². The largest absolute Gasteiger partial charge is 0.464 e. The van der Waals surface area contributed by atoms with Crippen molar-refractivity contribution in [3.63, 3.8) is 0 Å². The van der Waals surface area contributed by atoms with Gasteiger partial charge in [-0.2, -0.15) is 0 Å². The molecule has 0 spiro atoms. The van der Waals surface area contributed by atoms with E-state index in [0.717, 1.165) is 47.2 Å². The van der Waals surface area contributed by atoms with Crippen molar-refractivity contribution < 1.29 is 9.21 Å². The molecule has 3 aromatic carbocycles. The van der Waals surface area contributed by atoms with Crippen molar-refractivity contribution in [2.45, 2.75) is 12.5 Å². The van der Waals surface area contributed by atoms with E-state index in [1.807, 2.05) is 23.1 Å². The van der Waals surface area contributed by atoms with E-state index in [9.17, 15) is 4.79 Å². The molecule has 0 aliphatic carbocycles. The maximum absolute atomic E-state index is 13.1. The number of benzene rings is 3. The molecular weight excluding hydrogens is 464 g/mol. The Balaban J connectivity index is 1.29. The number of hydrogen-bond acceptors (Lipinski definition) is 3. The number of fused-ring (bicyclic) bond motifs is 1. The summed E-state index contributed by atoms with van der Waals surface area (Å²) in [6.07, 6.45) is 2.08. The highest BCUT2D eigenvalue weighted by molar-refractivity contribution is 9.10. The molecule has 5 rings (SSSR count). The number of nitrogens with zero attached hydrogens (tertiary/aromatic N) is 2. The number of furan rings is 1. The van der Waals surface area contributed by atoms with Gasteiger partial charge >= 0.3 is 0 Å². The predicted molar refractivity (Wildman–Crippen MR) is 130 cm³/mol. The van der Waals surface area contributed by atoms with Gasteiger partial charge in [-0.15, -0.1) is 0 Å². The fourth-order valence-corrected chi connectivity index (χ4v) is 4.94. The minimum absolute atomic E-state index is 0.156. The smallest absolute Gasteiger partial charge is 0.227 e. The highest BCUT2D eigenvalue weighted by Gasteiger charge is 2.28. The van der Waals surface area contributed by atoms with E-state index < -0.39 is 0 Å². The predicted octanol–water partition coefficient (Wildman–Crippen LogP) is 5.67. The van der Waals surface area contributed by atoms with Crippen LogP contribution >= 0.6 is 15.9 Å². The second-order valence-electron chi connectivity index (χ2n) is 8.22. The number of halogens is 1. The molecule has 0 saturated carbocycles. The first-order valence-electron chi connectivity index (χ1n) is 11.0. The summed E-state index contributed by atoms with van der Waals surface area (Å²) in [7, 11) is 0. The molecule has 162 valence electrons. The fraction of sp³-hybridized carbons (Fsp3) is 0.222. The Kier molecular flexibility index (Phi) is 6.10. The minimum Gasteiger partial charge on any atom is -0.464 e. The van der Waals surface area contributed by atoms with Crippen molar-refractivity contribution in [3.05, 3.63) is 106 Å². The van der Waals surface area contributed by atoms with Crippen LogP contribution in [0.3, 0.4) is 0 Å². The topological polar surface area (TPSA) is 36.7 Å². The van der Waals surface area contributed by atoms with E-state index in [4.69, 9.17) is 4.42 Å². The van der Waals surface area contributed by atoms with Crippen LogP contribution in [0, 0.1) is 0 Å². The van der Waals surface area contributed by atoms with Crippen LogP contribution in [0.1, 0.15) is 22.7 Å². The Morgan fingerprint density at radius 3 is 2.12 bits per heavy atom. The first-order valence-corrected chi connectivity index (χ1v) is 11.8. The van der Waals surface area contributed by atoms with Gasteiger partial charge in [-0.1, -0.05) is 76.6 Å². The summed E-state index contributed by atoms with van der Waals surface area (Å²) in [5.74, 6) is 0.156. The lowest BCUT2D eigenvalue weighted by Gasteiger charge is -2.39. The SMILES string of the molecule is O=C(Cc1coc2ccc(Br)cc12)N1CCN(C(c2ccccc2)c2ccccc2)CC1. The molecule has 1 saturated heterocycles. The Labute approximate surface area is 196 Å². The van der Waals surface area contributed by atoms with Gasteiger partial charge in [0.1, 0.15) is 5.58 Å². The molecule has 1 fully saturated rings. The first-order chi connectivity index (χ1) is 15.7. The molecular formula is C27H25BrN2O2. The number of rotatable bonds is 5. The van der Waals surface area contributed by atoms with Crippen LogP contribution in [0.5, 0.6) is 0 Å². The Morgan fingerprint density at radius 2 is 1.50 bits per heavy atom. The molecule has 4 nitrogen and oxygen atoms in total. The molecule has 1 aromatic heterocycles. The van der Waals surface area contributed by atoms with Crippen LogP contribution in [0.2, 0.25) is 0 Å². The van der Waals surface area contributed by atoms with Gasteiger partial charge in [0.2, 0.25) is 5.91 Å². The second kappa shape index (κ2) is 9.31. The van der Waals surface area contributed by atoms with Crippen molar-refractivity contribution in [2.75, 3.05) is 26.2 Å². The van der Waals surface area contributed by atoms with Crippen LogP contribution in [-0.4, -0.2) is 41.9 Å². The van der Waals surface area contributed by atoms with Crippen molar-refractivity contribution in [1.82, 2.24) is 9.80 Å². The van der Waals surface area contributed by atoms with Gasteiger partial charge in [-0.25, -0.2) is 0 Å². The van der Waals surface area contributed by atoms with Gasteiger partial charge in [-0.05, 0) is 29.3 Å². The molecule has 1 amide bonds. The molecule has 0 radical (unpaired) electrons. The third-order valence-electron chi connectivity index (χ3n) is 6.22. The second-order valence-corrected chi connectivity index (χ2v) is 9.13. The summed E-state index contributed by atoms with van der Waals surface area (Å²) in [6, 6.07) is 27.4. The molecule has 0 bridgehead atoms. The molecule has 4 aromatic rings. The van der Waals surface area contributed by atoms with Gasteiger partial charge in [0, 0.05) is 41.6 Å². The van der Waals surface area contributed by atoms with Crippen LogP contribution in [0.4, 0.5) is 0 Å². The van der Waals surface area contributed by atoms with Gasteiger partial charge in [0.15, 0.2) is 0 Å². The van der Waals surface area contributed by atoms with Crippen LogP contribution < -0.4 is 0 Å². The third-order valence-corrected chi connectivity index (χ3v) is 6.71. The maximum atomic E-state index is 13.1. The highest BCUT2D eigenvalue weighted by Crippen LogP contribution is 2.30. The lowest BCUT2D eigenvalue weighted by atomic mass is 9.96. The first kappa shape index (κ1) is 21.0. The number of piperazine rings is 1. The number of amides is 1. The summed E-state index contributed by atoms with van der Waals surface area (Å²) >= 11 is 3.51. The van der Waals surface area contributed by atoms with Crippen molar-refractivity contribution in [1.29, 1.82) is 0 Å². The van der Waals surface area contributed by atoms with Crippen LogP contribution in [-0.2, 0) is 11.2 Å². The number of carbonyl (C=O) groups excluding carboxylic acids is 1. The zero-order valence-corrected chi connectivity index (χ0v) is 19.4. The van der Waals surface area contributed by atoms with Crippen molar-refractivity contribution in [3.8, 4) is 0 Å². The molecule has 1 aliphatic heterocycles. The zero-order chi connectivity index (χ0) is 21.9. The Morgan fingerprint density at radius 1 is 0.875 bits per heavy atom. The summed E-state index contributed by atoms with van der Waals surface area (Å²) < 4.78 is 6.63. The molecule has 1 aliphatic rings. The Hall–Kier alpha value is -2.89. The van der Waals surface area contributed by atoms with Gasteiger partial charge < -0.3 is 9.32 Å². The normalized spacial score (nSPS) is 14.9. The molecule has 2 heterocycles. The quantitative estimate of drug-likeness (QED) is 0.363. The highest BCUT2D eigenvalue weighted by atomic mass is 79.9. The monoisotopic (exact) mass is 488 g/mol. The molecule has 32 heavy (non-hydrogen) atoms. The van der Waals surface area contributed by atoms with E-state index in [-0.39, 0.29) is 11.9 Å². The summed E-state index contributed by atoms with van der Waals surface area (Å²) in [4.78, 5) is 17.5. The summed E-state index contributed by atoms with van der Waals surface area (Å²) in [5.41, 5.74) is 4.33. The molecule has 0 N–H and O–H groups in total. The average Bonchev–Trinajstić information content (AvgIpc) is 3.23. The lowest BCUT2D eigenvalue weighted by molar-refractivity contribution is -0.132. The fourth-order valence-electron chi connectivity index (χ4n) is 4.58. The van der Waals surface area contributed by atoms with Crippen molar-refractivity contribution in [2.24, 2.45) is 0 Å². The third kappa shape index (κ3) is 4.36. The standard InChI is InChI=1S/C27H25BrN2O2/c28-23-11-12-25-24(18-23)22(19-32-25)17-26(31)29-13-15-30(16-14-29)27(20-7-3-1-4-8-20)21-9-5-2-6-10-21/h1-12,18-19,27H,13-17H2. The van der Waals surface area contributed by atoms with E-state index in [1.54, 1.807) is 6.26 Å². The minimum atomic E-state index is 0.156. The summed E-state index contributed by atoms with van der Waals surface area (Å²) in [6.45, 7) is 3.15. The van der Waals surface area contributed by atoms with E-state index >= 15 is 0 Å². The number of carbonyl (C=O) groups is 1. The van der Waals surface area contributed by atoms with Crippen LogP contribution in [0.15, 0.2) is 94.0 Å². The molecule has 5 heteroatoms. The molecule has 0 atom stereocenters. The van der Waals surface area contributed by atoms with Crippen LogP contribution in [0.25, 0.3) is 11.0 Å². The maximum Gasteiger partial charge on any atom is 0.227 e. The van der Waals surface area contributed by atoms with Crippen molar-refractivity contribution >= 4 is 32.8 Å². The van der Waals surface area contributed by atoms with Gasteiger partial charge in [0.25, 0.3) is 0 Å². The van der Waals surface area contributed by atoms with E-state index in [0.29, 0.717) is 6.42 Å². The van der Waals surface area contributed by atoms with E-state index in [1.165, 1.54) is 11.1 Å². The Bertz CT molecular complexity index is 1160. The number of hydrogen-bond donors (Lipinski definition) is 0. The van der Waals surface area contributed by atoms with Gasteiger partial charge in [-0.3, -0.25) is 9.69 Å². The molecule has 0 unspecified atom stereocenters. The van der Waals surface area contributed by atoms with Gasteiger partial charge in [0.05, 0.1) is 18.7 Å². The lowest BCUT2D eigenvalue weighted by Crippen LogP contribution is -2.50. The summed E-state index contributed by atoms with van der Waals surface area (Å²) in [5, 5.41) is 1.000. The zero-order valence-electron chi connectivity index (χ0n) is 17.8.